The fourth-order valence-corrected chi connectivity index (χ4v) is 6.48. The van der Waals surface area contributed by atoms with Crippen LogP contribution in [0.15, 0.2) is 47.4 Å². The highest BCUT2D eigenvalue weighted by Crippen LogP contribution is 2.59. The monoisotopic (exact) mass is 483 g/mol. The Balaban J connectivity index is 1.60. The van der Waals surface area contributed by atoms with Gasteiger partial charge in [-0.25, -0.2) is 4.79 Å². The molecule has 0 spiro atoms. The second kappa shape index (κ2) is 8.73. The van der Waals surface area contributed by atoms with Gasteiger partial charge < -0.3 is 14.5 Å². The highest BCUT2D eigenvalue weighted by Gasteiger charge is 2.64. The Kier molecular flexibility index (Phi) is 6.37. The Labute approximate surface area is 203 Å². The van der Waals surface area contributed by atoms with E-state index >= 15 is 0 Å². The minimum atomic E-state index is -2.04. The van der Waals surface area contributed by atoms with Crippen molar-refractivity contribution in [1.82, 2.24) is 9.55 Å². The van der Waals surface area contributed by atoms with Gasteiger partial charge in [0.25, 0.3) is 5.91 Å². The van der Waals surface area contributed by atoms with Gasteiger partial charge in [-0.15, -0.1) is 0 Å². The molecule has 2 fully saturated rings. The molecule has 1 amide bonds. The summed E-state index contributed by atoms with van der Waals surface area (Å²) in [5, 5.41) is 2.79. The average molecular weight is 484 g/mol. The highest BCUT2D eigenvalue weighted by molar-refractivity contribution is 6.74. The first-order valence-electron chi connectivity index (χ1n) is 12.2. The summed E-state index contributed by atoms with van der Waals surface area (Å²) in [4.78, 5) is 29.7. The molecular weight excluding hydrogens is 446 g/mol. The van der Waals surface area contributed by atoms with Crippen LogP contribution in [-0.4, -0.2) is 35.5 Å². The molecule has 2 heterocycles. The maximum atomic E-state index is 13.1. The molecule has 8 heteroatoms. The summed E-state index contributed by atoms with van der Waals surface area (Å²) in [5.41, 5.74) is -0.327. The number of hydrogen-bond acceptors (Lipinski definition) is 5. The van der Waals surface area contributed by atoms with Gasteiger partial charge in [0.1, 0.15) is 12.0 Å². The fourth-order valence-electron chi connectivity index (χ4n) is 5.12. The Bertz CT molecular complexity index is 1110. The number of rotatable bonds is 6. The van der Waals surface area contributed by atoms with Gasteiger partial charge in [0.2, 0.25) is 0 Å². The minimum Gasteiger partial charge on any atom is -0.411 e. The van der Waals surface area contributed by atoms with E-state index in [4.69, 9.17) is 9.16 Å². The number of nitrogens with one attached hydrogen (secondary N) is 1. The third kappa shape index (κ3) is 4.27. The molecule has 1 saturated heterocycles. The number of amides is 1. The van der Waals surface area contributed by atoms with Crippen molar-refractivity contribution < 1.29 is 14.0 Å². The van der Waals surface area contributed by atoms with E-state index in [0.717, 1.165) is 12.8 Å². The number of carbonyl (C=O) groups is 1. The van der Waals surface area contributed by atoms with Crippen LogP contribution >= 0.6 is 0 Å². The molecule has 5 atom stereocenters. The summed E-state index contributed by atoms with van der Waals surface area (Å²) in [6.45, 7) is 15.6. The molecule has 1 aliphatic carbocycles. The summed E-state index contributed by atoms with van der Waals surface area (Å²) in [6, 6.07) is 10.5. The normalized spacial score (nSPS) is 28.8. The van der Waals surface area contributed by atoms with Crippen LogP contribution in [0.25, 0.3) is 0 Å². The molecule has 2 aliphatic rings. The van der Waals surface area contributed by atoms with Gasteiger partial charge in [-0.3, -0.25) is 9.36 Å². The van der Waals surface area contributed by atoms with Crippen LogP contribution in [0.3, 0.4) is 0 Å². The van der Waals surface area contributed by atoms with E-state index < -0.39 is 25.8 Å². The minimum absolute atomic E-state index is 0.0530. The molecule has 2 bridgehead atoms. The SMILES string of the molecule is CC[C@@]12C[C@@H](C)[C@H]([C@H](n3ccc(NC(=O)c4ccccc4)nc3=O)O1)[C@@H]2O[Si](C)(C)C(C)(C)C. The fraction of sp³-hybridized carbons (Fsp3) is 0.577. The zero-order valence-electron chi connectivity index (χ0n) is 21.3. The first-order valence-corrected chi connectivity index (χ1v) is 15.1. The van der Waals surface area contributed by atoms with Gasteiger partial charge in [0.15, 0.2) is 8.32 Å². The second-order valence-electron chi connectivity index (χ2n) is 11.3. The Morgan fingerprint density at radius 2 is 1.94 bits per heavy atom. The molecule has 1 saturated carbocycles. The Morgan fingerprint density at radius 3 is 2.53 bits per heavy atom. The summed E-state index contributed by atoms with van der Waals surface area (Å²) >= 11 is 0. The number of aromatic nitrogens is 2. The number of fused-ring (bicyclic) bond motifs is 2. The molecule has 1 aliphatic heterocycles. The molecule has 0 radical (unpaired) electrons. The molecule has 1 aromatic carbocycles. The first-order chi connectivity index (χ1) is 15.9. The molecule has 184 valence electrons. The van der Waals surface area contributed by atoms with E-state index in [0.29, 0.717) is 11.5 Å². The molecule has 4 rings (SSSR count). The lowest BCUT2D eigenvalue weighted by Crippen LogP contribution is -2.49. The van der Waals surface area contributed by atoms with Gasteiger partial charge in [0.05, 0.1) is 11.7 Å². The zero-order chi connectivity index (χ0) is 24.9. The third-order valence-electron chi connectivity index (χ3n) is 8.09. The lowest BCUT2D eigenvalue weighted by Gasteiger charge is -2.41. The average Bonchev–Trinajstić information content (AvgIpc) is 3.21. The van der Waals surface area contributed by atoms with Gasteiger partial charge in [-0.05, 0) is 55.1 Å². The molecule has 0 unspecified atom stereocenters. The predicted octanol–water partition coefficient (Wildman–Crippen LogP) is 5.22. The van der Waals surface area contributed by atoms with Crippen LogP contribution in [0.4, 0.5) is 5.82 Å². The van der Waals surface area contributed by atoms with Crippen LogP contribution in [0.5, 0.6) is 0 Å². The topological polar surface area (TPSA) is 82.5 Å². The summed E-state index contributed by atoms with van der Waals surface area (Å²) in [7, 11) is -2.04. The van der Waals surface area contributed by atoms with E-state index in [-0.39, 0.29) is 28.8 Å². The van der Waals surface area contributed by atoms with Crippen molar-refractivity contribution in [2.24, 2.45) is 11.8 Å². The van der Waals surface area contributed by atoms with E-state index in [1.54, 1.807) is 41.1 Å². The van der Waals surface area contributed by atoms with Gasteiger partial charge in [-0.2, -0.15) is 4.98 Å². The number of ether oxygens (including phenoxy) is 1. The van der Waals surface area contributed by atoms with Crippen molar-refractivity contribution in [3.63, 3.8) is 0 Å². The molecule has 1 aromatic heterocycles. The zero-order valence-corrected chi connectivity index (χ0v) is 22.3. The van der Waals surface area contributed by atoms with Crippen molar-refractivity contribution in [3.05, 3.63) is 58.6 Å². The van der Waals surface area contributed by atoms with E-state index in [2.05, 4.69) is 58.0 Å². The number of benzene rings is 1. The summed E-state index contributed by atoms with van der Waals surface area (Å²) in [6.07, 6.45) is 2.95. The molecule has 34 heavy (non-hydrogen) atoms. The number of anilines is 1. The van der Waals surface area contributed by atoms with Crippen LogP contribution in [0, 0.1) is 11.8 Å². The van der Waals surface area contributed by atoms with Crippen LogP contribution < -0.4 is 11.0 Å². The number of nitrogens with zero attached hydrogens (tertiary/aromatic N) is 2. The maximum absolute atomic E-state index is 13.1. The van der Waals surface area contributed by atoms with Crippen molar-refractivity contribution >= 4 is 20.0 Å². The molecule has 2 aromatic rings. The Hall–Kier alpha value is -2.29. The van der Waals surface area contributed by atoms with Crippen molar-refractivity contribution in [2.45, 2.75) is 83.5 Å². The first kappa shape index (κ1) is 24.8. The smallest absolute Gasteiger partial charge is 0.351 e. The van der Waals surface area contributed by atoms with Gasteiger partial charge in [-0.1, -0.05) is 52.8 Å². The highest BCUT2D eigenvalue weighted by atomic mass is 28.4. The predicted molar refractivity (Wildman–Crippen MR) is 135 cm³/mol. The van der Waals surface area contributed by atoms with E-state index in [9.17, 15) is 9.59 Å². The molecule has 7 nitrogen and oxygen atoms in total. The Morgan fingerprint density at radius 1 is 1.26 bits per heavy atom. The van der Waals surface area contributed by atoms with Crippen molar-refractivity contribution in [2.75, 3.05) is 5.32 Å². The van der Waals surface area contributed by atoms with E-state index in [1.165, 1.54) is 0 Å². The number of carbonyl (C=O) groups excluding carboxylic acids is 1. The lowest BCUT2D eigenvalue weighted by molar-refractivity contribution is -0.130. The lowest BCUT2D eigenvalue weighted by atomic mass is 9.94. The quantitative estimate of drug-likeness (QED) is 0.570. The second-order valence-corrected chi connectivity index (χ2v) is 16.1. The van der Waals surface area contributed by atoms with Crippen LogP contribution in [-0.2, 0) is 9.16 Å². The largest absolute Gasteiger partial charge is 0.411 e. The van der Waals surface area contributed by atoms with E-state index in [1.807, 2.05) is 6.07 Å². The molecule has 1 N–H and O–H groups in total. The van der Waals surface area contributed by atoms with Gasteiger partial charge in [0, 0.05) is 17.7 Å². The van der Waals surface area contributed by atoms with Gasteiger partial charge >= 0.3 is 5.69 Å². The van der Waals surface area contributed by atoms with Crippen LogP contribution in [0.2, 0.25) is 18.1 Å². The van der Waals surface area contributed by atoms with Crippen molar-refractivity contribution in [3.8, 4) is 0 Å². The standard InChI is InChI=1S/C26H37N3O4Si/c1-8-26-16-17(2)20(21(26)33-34(6,7)25(3,4)5)23(32-26)29-15-14-19(28-24(29)31)27-22(30)18-12-10-9-11-13-18/h9-15,17,20-21,23H,8,16H2,1-7H3,(H,27,28,30,31)/t17-,20+,21+,23-,26+/m1/s1. The van der Waals surface area contributed by atoms with Crippen LogP contribution in [0.1, 0.15) is 64.0 Å². The third-order valence-corrected chi connectivity index (χ3v) is 12.5. The summed E-state index contributed by atoms with van der Waals surface area (Å²) in [5.74, 6) is 0.351. The maximum Gasteiger partial charge on any atom is 0.351 e. The van der Waals surface area contributed by atoms with Crippen molar-refractivity contribution in [1.29, 1.82) is 0 Å². The number of hydrogen-bond donors (Lipinski definition) is 1. The molecular formula is C26H37N3O4Si. The summed E-state index contributed by atoms with van der Waals surface area (Å²) < 4.78 is 15.1.